The van der Waals surface area contributed by atoms with Crippen molar-refractivity contribution in [2.45, 2.75) is 0 Å². The lowest BCUT2D eigenvalue weighted by atomic mass is 10.4. The van der Waals surface area contributed by atoms with Gasteiger partial charge in [-0.25, -0.2) is 9.79 Å². The average molecular weight is 135 g/mol. The molecular weight excluding hydrogens is 126 g/mol. The van der Waals surface area contributed by atoms with Gasteiger partial charge in [-0.1, -0.05) is 36.4 Å². The third-order valence-corrected chi connectivity index (χ3v) is 0.758. The van der Waals surface area contributed by atoms with E-state index < -0.39 is 0 Å². The topological polar surface area (TPSA) is 29.4 Å². The molecule has 0 fully saturated rings. The van der Waals surface area contributed by atoms with Crippen LogP contribution in [0.25, 0.3) is 0 Å². The summed E-state index contributed by atoms with van der Waals surface area (Å²) in [6.07, 6.45) is 1.31. The molecule has 0 radical (unpaired) electrons. The van der Waals surface area contributed by atoms with Crippen molar-refractivity contribution in [1.29, 1.82) is 0 Å². The molecule has 0 amide bonds. The van der Waals surface area contributed by atoms with Crippen LogP contribution in [0.4, 0.5) is 0 Å². The van der Waals surface area contributed by atoms with Crippen LogP contribution < -0.4 is 0 Å². The first kappa shape index (κ1) is 8.60. The van der Waals surface area contributed by atoms with Gasteiger partial charge in [0.05, 0.1) is 0 Å². The van der Waals surface area contributed by atoms with Crippen molar-refractivity contribution < 1.29 is 4.79 Å². The van der Waals surface area contributed by atoms with Gasteiger partial charge in [0.25, 0.3) is 0 Å². The standard InChI is InChI=1S/C6H6.C2H3NO/c1-2-4-6-5-3-1;1-3-2-4/h1-6H;1H3. The molecule has 0 aliphatic carbocycles. The summed E-state index contributed by atoms with van der Waals surface area (Å²) in [6, 6.07) is 12.0. The van der Waals surface area contributed by atoms with Crippen LogP contribution >= 0.6 is 0 Å². The second kappa shape index (κ2) is 7.60. The van der Waals surface area contributed by atoms with Gasteiger partial charge in [0.2, 0.25) is 6.08 Å². The predicted octanol–water partition coefficient (Wildman–Crippen LogP) is 1.64. The zero-order chi connectivity index (χ0) is 7.66. The summed E-state index contributed by atoms with van der Waals surface area (Å²) in [5, 5.41) is 0. The van der Waals surface area contributed by atoms with Crippen LogP contribution in [0.5, 0.6) is 0 Å². The Morgan fingerprint density at radius 1 is 1.00 bits per heavy atom. The van der Waals surface area contributed by atoms with Gasteiger partial charge in [-0.3, -0.25) is 0 Å². The smallest absolute Gasteiger partial charge is 0.211 e. The highest BCUT2D eigenvalue weighted by atomic mass is 16.1. The van der Waals surface area contributed by atoms with Crippen LogP contribution in [0.1, 0.15) is 0 Å². The molecule has 2 heteroatoms. The van der Waals surface area contributed by atoms with E-state index in [1.54, 1.807) is 0 Å². The van der Waals surface area contributed by atoms with E-state index in [2.05, 4.69) is 4.99 Å². The number of rotatable bonds is 0. The van der Waals surface area contributed by atoms with E-state index in [0.29, 0.717) is 0 Å². The Labute approximate surface area is 60.2 Å². The molecule has 0 heterocycles. The molecule has 0 atom stereocenters. The number of benzene rings is 1. The molecule has 0 aromatic heterocycles. The fourth-order valence-corrected chi connectivity index (χ4v) is 0.385. The SMILES string of the molecule is CN=C=O.c1ccccc1. The van der Waals surface area contributed by atoms with Crippen molar-refractivity contribution in [2.75, 3.05) is 7.05 Å². The second-order valence-corrected chi connectivity index (χ2v) is 1.47. The van der Waals surface area contributed by atoms with E-state index in [9.17, 15) is 0 Å². The van der Waals surface area contributed by atoms with Crippen molar-refractivity contribution in [3.8, 4) is 0 Å². The third kappa shape index (κ3) is 6.60. The Bertz CT molecular complexity index is 163. The molecule has 10 heavy (non-hydrogen) atoms. The quantitative estimate of drug-likeness (QED) is 0.392. The summed E-state index contributed by atoms with van der Waals surface area (Å²) in [5.41, 5.74) is 0. The Morgan fingerprint density at radius 3 is 1.30 bits per heavy atom. The first-order valence-electron chi connectivity index (χ1n) is 2.87. The van der Waals surface area contributed by atoms with Crippen LogP contribution in [0.3, 0.4) is 0 Å². The molecule has 0 N–H and O–H groups in total. The minimum atomic E-state index is 1.31. The molecule has 0 unspecified atom stereocenters. The highest BCUT2D eigenvalue weighted by Gasteiger charge is 1.57. The minimum absolute atomic E-state index is 1.31. The summed E-state index contributed by atoms with van der Waals surface area (Å²) in [7, 11) is 1.38. The van der Waals surface area contributed by atoms with Gasteiger partial charge < -0.3 is 0 Å². The minimum Gasteiger partial charge on any atom is -0.211 e. The van der Waals surface area contributed by atoms with Crippen LogP contribution in [-0.2, 0) is 4.79 Å². The van der Waals surface area contributed by atoms with E-state index in [0.717, 1.165) is 0 Å². The number of hydrogen-bond donors (Lipinski definition) is 0. The average Bonchev–Trinajstić information content (AvgIpc) is 2.08. The van der Waals surface area contributed by atoms with E-state index in [1.807, 2.05) is 36.4 Å². The zero-order valence-corrected chi connectivity index (χ0v) is 5.82. The third-order valence-electron chi connectivity index (χ3n) is 0.758. The van der Waals surface area contributed by atoms with Crippen LogP contribution in [0.15, 0.2) is 41.4 Å². The largest absolute Gasteiger partial charge is 0.234 e. The molecule has 0 bridgehead atoms. The summed E-state index contributed by atoms with van der Waals surface area (Å²) in [5.74, 6) is 0. The Balaban J connectivity index is 0.000000180. The van der Waals surface area contributed by atoms with Gasteiger partial charge in [-0.15, -0.1) is 0 Å². The molecule has 0 spiro atoms. The van der Waals surface area contributed by atoms with Crippen LogP contribution in [0.2, 0.25) is 0 Å². The van der Waals surface area contributed by atoms with Gasteiger partial charge >= 0.3 is 0 Å². The molecule has 0 saturated heterocycles. The first-order valence-corrected chi connectivity index (χ1v) is 2.87. The maximum Gasteiger partial charge on any atom is 0.234 e. The summed E-state index contributed by atoms with van der Waals surface area (Å²) in [4.78, 5) is 11.8. The molecule has 1 aromatic rings. The van der Waals surface area contributed by atoms with E-state index in [-0.39, 0.29) is 0 Å². The van der Waals surface area contributed by atoms with Crippen LogP contribution in [-0.4, -0.2) is 13.1 Å². The lowest BCUT2D eigenvalue weighted by Gasteiger charge is -1.69. The highest BCUT2D eigenvalue weighted by molar-refractivity contribution is 5.32. The molecule has 52 valence electrons. The number of isocyanates is 1. The Kier molecular flexibility index (Phi) is 6.54. The maximum absolute atomic E-state index is 8.88. The van der Waals surface area contributed by atoms with Crippen molar-refractivity contribution in [1.82, 2.24) is 0 Å². The van der Waals surface area contributed by atoms with E-state index >= 15 is 0 Å². The number of nitrogens with zero attached hydrogens (tertiary/aromatic N) is 1. The van der Waals surface area contributed by atoms with Gasteiger partial charge in [0, 0.05) is 7.05 Å². The van der Waals surface area contributed by atoms with Crippen molar-refractivity contribution in [2.24, 2.45) is 4.99 Å². The molecule has 2 nitrogen and oxygen atoms in total. The van der Waals surface area contributed by atoms with Gasteiger partial charge in [0.15, 0.2) is 0 Å². The van der Waals surface area contributed by atoms with Crippen molar-refractivity contribution in [3.05, 3.63) is 36.4 Å². The monoisotopic (exact) mass is 135 g/mol. The molecule has 1 rings (SSSR count). The highest BCUT2D eigenvalue weighted by Crippen LogP contribution is 1.79. The fourth-order valence-electron chi connectivity index (χ4n) is 0.385. The summed E-state index contributed by atoms with van der Waals surface area (Å²) < 4.78 is 0. The van der Waals surface area contributed by atoms with E-state index in [1.165, 1.54) is 13.1 Å². The van der Waals surface area contributed by atoms with Gasteiger partial charge in [-0.2, -0.15) is 0 Å². The molecule has 0 aliphatic rings. The first-order chi connectivity index (χ1) is 4.91. The number of hydrogen-bond acceptors (Lipinski definition) is 2. The second-order valence-electron chi connectivity index (χ2n) is 1.47. The zero-order valence-electron chi connectivity index (χ0n) is 5.82. The van der Waals surface area contributed by atoms with Gasteiger partial charge in [0.1, 0.15) is 0 Å². The Morgan fingerprint density at radius 2 is 1.20 bits per heavy atom. The van der Waals surface area contributed by atoms with Crippen molar-refractivity contribution in [3.63, 3.8) is 0 Å². The summed E-state index contributed by atoms with van der Waals surface area (Å²) >= 11 is 0. The molecular formula is C8H9NO. The number of carbonyl (C=O) groups excluding carboxylic acids is 1. The predicted molar refractivity (Wildman–Crippen MR) is 40.5 cm³/mol. The lowest BCUT2D eigenvalue weighted by Crippen LogP contribution is -1.47. The van der Waals surface area contributed by atoms with Crippen LogP contribution in [0, 0.1) is 0 Å². The van der Waals surface area contributed by atoms with Gasteiger partial charge in [-0.05, 0) is 0 Å². The fraction of sp³-hybridized carbons (Fsp3) is 0.125. The number of aliphatic imine (C=N–C) groups is 1. The maximum atomic E-state index is 8.88. The molecule has 1 aromatic carbocycles. The normalized spacial score (nSPS) is 6.50. The van der Waals surface area contributed by atoms with E-state index in [4.69, 9.17) is 4.79 Å². The summed E-state index contributed by atoms with van der Waals surface area (Å²) in [6.45, 7) is 0. The Hall–Kier alpha value is -1.40. The van der Waals surface area contributed by atoms with Crippen molar-refractivity contribution >= 4 is 6.08 Å². The molecule has 0 saturated carbocycles. The molecule has 0 aliphatic heterocycles. The lowest BCUT2D eigenvalue weighted by molar-refractivity contribution is 0.564.